The molecule has 1 aliphatic rings. The lowest BCUT2D eigenvalue weighted by Crippen LogP contribution is -2.53. The Labute approximate surface area is 145 Å². The maximum absolute atomic E-state index is 12.7. The van der Waals surface area contributed by atoms with Gasteiger partial charge in [0.2, 0.25) is 0 Å². The lowest BCUT2D eigenvalue weighted by Gasteiger charge is -2.37. The summed E-state index contributed by atoms with van der Waals surface area (Å²) in [5.41, 5.74) is 2.85. The molecule has 1 heterocycles. The summed E-state index contributed by atoms with van der Waals surface area (Å²) in [5, 5.41) is 3.02. The number of anilines is 1. The molecule has 0 aromatic heterocycles. The number of urea groups is 1. The second-order valence-corrected chi connectivity index (χ2v) is 8.78. The number of nitrogens with one attached hydrogen (secondary N) is 1. The summed E-state index contributed by atoms with van der Waals surface area (Å²) in [4.78, 5) is 14.4. The quantitative estimate of drug-likeness (QED) is 0.904. The van der Waals surface area contributed by atoms with Gasteiger partial charge in [-0.2, -0.15) is 0 Å². The van der Waals surface area contributed by atoms with Gasteiger partial charge in [-0.3, -0.25) is 4.21 Å². The highest BCUT2D eigenvalue weighted by Crippen LogP contribution is 2.28. The van der Waals surface area contributed by atoms with E-state index in [0.29, 0.717) is 18.8 Å². The van der Waals surface area contributed by atoms with Crippen LogP contribution in [0.5, 0.6) is 0 Å². The SMILES string of the molecule is CC1(C)CN(C(=O)Nc2ccccc2-c2ccccc2)CCS1=O. The van der Waals surface area contributed by atoms with Gasteiger partial charge in [0.25, 0.3) is 0 Å². The number of amides is 2. The van der Waals surface area contributed by atoms with E-state index in [2.05, 4.69) is 5.32 Å². The summed E-state index contributed by atoms with van der Waals surface area (Å²) in [6.45, 7) is 4.91. The molecule has 0 spiro atoms. The first kappa shape index (κ1) is 16.7. The molecule has 2 amide bonds. The summed E-state index contributed by atoms with van der Waals surface area (Å²) in [5.74, 6) is 0.529. The highest BCUT2D eigenvalue weighted by atomic mass is 32.2. The maximum Gasteiger partial charge on any atom is 0.321 e. The van der Waals surface area contributed by atoms with Crippen molar-refractivity contribution in [3.05, 3.63) is 54.6 Å². The molecule has 0 saturated carbocycles. The standard InChI is InChI=1S/C19H22N2O2S/c1-19(2)14-21(12-13-24(19)23)18(22)20-17-11-7-6-10-16(17)15-8-4-3-5-9-15/h3-11H,12-14H2,1-2H3,(H,20,22). The first-order chi connectivity index (χ1) is 11.5. The van der Waals surface area contributed by atoms with E-state index in [1.807, 2.05) is 68.4 Å². The number of para-hydroxylation sites is 1. The fourth-order valence-electron chi connectivity index (χ4n) is 2.91. The van der Waals surface area contributed by atoms with Gasteiger partial charge in [0, 0.05) is 35.2 Å². The highest BCUT2D eigenvalue weighted by molar-refractivity contribution is 7.86. The molecule has 126 valence electrons. The number of nitrogens with zero attached hydrogens (tertiary/aromatic N) is 1. The molecule has 0 aliphatic carbocycles. The van der Waals surface area contributed by atoms with Crippen LogP contribution in [0.3, 0.4) is 0 Å². The predicted molar refractivity (Wildman–Crippen MR) is 99.6 cm³/mol. The van der Waals surface area contributed by atoms with Crippen LogP contribution in [0.4, 0.5) is 10.5 Å². The van der Waals surface area contributed by atoms with Gasteiger partial charge in [-0.05, 0) is 25.5 Å². The average molecular weight is 342 g/mol. The van der Waals surface area contributed by atoms with E-state index in [1.54, 1.807) is 4.90 Å². The molecule has 0 bridgehead atoms. The fraction of sp³-hybridized carbons (Fsp3) is 0.316. The monoisotopic (exact) mass is 342 g/mol. The van der Waals surface area contributed by atoms with Crippen molar-refractivity contribution in [1.29, 1.82) is 0 Å². The smallest absolute Gasteiger partial charge is 0.321 e. The van der Waals surface area contributed by atoms with Crippen LogP contribution in [-0.4, -0.2) is 38.7 Å². The lowest BCUT2D eigenvalue weighted by atomic mass is 10.0. The molecule has 3 rings (SSSR count). The summed E-state index contributed by atoms with van der Waals surface area (Å²) in [6.07, 6.45) is 0. The molecule has 0 radical (unpaired) electrons. The van der Waals surface area contributed by atoms with E-state index in [4.69, 9.17) is 0 Å². The van der Waals surface area contributed by atoms with Gasteiger partial charge in [-0.1, -0.05) is 48.5 Å². The van der Waals surface area contributed by atoms with E-state index in [9.17, 15) is 9.00 Å². The Kier molecular flexibility index (Phi) is 4.71. The Morgan fingerprint density at radius 1 is 1.08 bits per heavy atom. The van der Waals surface area contributed by atoms with Crippen LogP contribution in [0, 0.1) is 0 Å². The van der Waals surface area contributed by atoms with Crippen molar-refractivity contribution in [2.75, 3.05) is 24.2 Å². The minimum atomic E-state index is -0.890. The second-order valence-electron chi connectivity index (χ2n) is 6.57. The van der Waals surface area contributed by atoms with Gasteiger partial charge in [0.1, 0.15) is 0 Å². The Balaban J connectivity index is 1.80. The Morgan fingerprint density at radius 2 is 1.75 bits per heavy atom. The summed E-state index contributed by atoms with van der Waals surface area (Å²) >= 11 is 0. The van der Waals surface area contributed by atoms with Crippen LogP contribution in [0.2, 0.25) is 0 Å². The Hall–Kier alpha value is -2.14. The number of hydrogen-bond donors (Lipinski definition) is 1. The summed E-state index contributed by atoms with van der Waals surface area (Å²) < 4.78 is 11.7. The van der Waals surface area contributed by atoms with E-state index >= 15 is 0 Å². The first-order valence-electron chi connectivity index (χ1n) is 8.06. The number of carbonyl (C=O) groups excluding carboxylic acids is 1. The summed E-state index contributed by atoms with van der Waals surface area (Å²) in [7, 11) is -0.890. The molecule has 24 heavy (non-hydrogen) atoms. The molecule has 1 atom stereocenters. The third-order valence-electron chi connectivity index (χ3n) is 4.28. The minimum Gasteiger partial charge on any atom is -0.322 e. The average Bonchev–Trinajstić information content (AvgIpc) is 2.58. The van der Waals surface area contributed by atoms with Gasteiger partial charge >= 0.3 is 6.03 Å². The summed E-state index contributed by atoms with van der Waals surface area (Å²) in [6, 6.07) is 17.6. The van der Waals surface area contributed by atoms with Crippen LogP contribution in [0.25, 0.3) is 11.1 Å². The van der Waals surface area contributed by atoms with E-state index in [-0.39, 0.29) is 10.8 Å². The van der Waals surface area contributed by atoms with Crippen molar-refractivity contribution in [3.8, 4) is 11.1 Å². The van der Waals surface area contributed by atoms with Crippen LogP contribution in [0.15, 0.2) is 54.6 Å². The number of carbonyl (C=O) groups is 1. The van der Waals surface area contributed by atoms with Crippen molar-refractivity contribution in [2.45, 2.75) is 18.6 Å². The zero-order valence-electron chi connectivity index (χ0n) is 14.0. The molecule has 1 N–H and O–H groups in total. The second kappa shape index (κ2) is 6.77. The van der Waals surface area contributed by atoms with E-state index in [0.717, 1.165) is 16.8 Å². The third-order valence-corrected chi connectivity index (χ3v) is 6.19. The minimum absolute atomic E-state index is 0.136. The van der Waals surface area contributed by atoms with E-state index < -0.39 is 10.8 Å². The van der Waals surface area contributed by atoms with Crippen molar-refractivity contribution in [1.82, 2.24) is 4.90 Å². The van der Waals surface area contributed by atoms with Crippen LogP contribution >= 0.6 is 0 Å². The van der Waals surface area contributed by atoms with Gasteiger partial charge < -0.3 is 10.2 Å². The number of rotatable bonds is 2. The molecule has 1 saturated heterocycles. The van der Waals surface area contributed by atoms with Crippen LogP contribution in [-0.2, 0) is 10.8 Å². The largest absolute Gasteiger partial charge is 0.322 e. The van der Waals surface area contributed by atoms with Gasteiger partial charge in [-0.15, -0.1) is 0 Å². The maximum atomic E-state index is 12.7. The third kappa shape index (κ3) is 3.51. The zero-order valence-corrected chi connectivity index (χ0v) is 14.8. The van der Waals surface area contributed by atoms with Crippen molar-refractivity contribution in [3.63, 3.8) is 0 Å². The molecule has 1 unspecified atom stereocenters. The Bertz CT molecular complexity index is 759. The fourth-order valence-corrected chi connectivity index (χ4v) is 4.15. The molecular formula is C19H22N2O2S. The van der Waals surface area contributed by atoms with Crippen molar-refractivity contribution >= 4 is 22.5 Å². The topological polar surface area (TPSA) is 49.4 Å². The molecule has 5 heteroatoms. The van der Waals surface area contributed by atoms with Crippen molar-refractivity contribution < 1.29 is 9.00 Å². The zero-order chi connectivity index (χ0) is 17.2. The first-order valence-corrected chi connectivity index (χ1v) is 9.38. The highest BCUT2D eigenvalue weighted by Gasteiger charge is 2.35. The molecule has 1 fully saturated rings. The lowest BCUT2D eigenvalue weighted by molar-refractivity contribution is 0.207. The van der Waals surface area contributed by atoms with E-state index in [1.165, 1.54) is 0 Å². The normalized spacial score (nSPS) is 19.8. The van der Waals surface area contributed by atoms with Gasteiger partial charge in [0.15, 0.2) is 0 Å². The number of hydrogen-bond acceptors (Lipinski definition) is 2. The molecule has 4 nitrogen and oxygen atoms in total. The predicted octanol–water partition coefficient (Wildman–Crippen LogP) is 3.73. The molecule has 2 aromatic rings. The van der Waals surface area contributed by atoms with Gasteiger partial charge in [-0.25, -0.2) is 4.79 Å². The van der Waals surface area contributed by atoms with Crippen molar-refractivity contribution in [2.24, 2.45) is 0 Å². The molecule has 2 aromatic carbocycles. The van der Waals surface area contributed by atoms with Crippen LogP contribution in [0.1, 0.15) is 13.8 Å². The molecule has 1 aliphatic heterocycles. The van der Waals surface area contributed by atoms with Crippen LogP contribution < -0.4 is 5.32 Å². The number of benzene rings is 2. The Morgan fingerprint density at radius 3 is 2.46 bits per heavy atom. The van der Waals surface area contributed by atoms with Gasteiger partial charge in [0.05, 0.1) is 10.4 Å². The molecular weight excluding hydrogens is 320 g/mol.